The van der Waals surface area contributed by atoms with Crippen LogP contribution < -0.4 is 0 Å². The number of rotatable bonds is 8. The zero-order valence-electron chi connectivity index (χ0n) is 29.4. The SMILES string of the molecule is CCc1cc(-c2ccc(C#N)cc2)ccc1-c1cc(C)c(Cc2c(C)cc(-c3ccc(-c4ccc(C#N)cc4)cc3C)cc2C)c(CC)c1. The van der Waals surface area contributed by atoms with Crippen LogP contribution in [0.4, 0.5) is 0 Å². The number of aryl methyl sites for hydroxylation is 6. The molecule has 0 aromatic heterocycles. The molecule has 0 saturated heterocycles. The molecular weight excluding hydrogens is 593 g/mol. The zero-order chi connectivity index (χ0) is 34.7. The molecule has 0 bridgehead atoms. The van der Waals surface area contributed by atoms with Crippen LogP contribution in [-0.2, 0) is 19.3 Å². The van der Waals surface area contributed by atoms with Crippen LogP contribution in [0, 0.1) is 50.4 Å². The largest absolute Gasteiger partial charge is 0.192 e. The van der Waals surface area contributed by atoms with Gasteiger partial charge in [-0.05, 0) is 160 Å². The predicted molar refractivity (Wildman–Crippen MR) is 205 cm³/mol. The van der Waals surface area contributed by atoms with E-state index in [4.69, 9.17) is 5.26 Å². The second-order valence-electron chi connectivity index (χ2n) is 13.2. The van der Waals surface area contributed by atoms with Crippen molar-refractivity contribution in [1.82, 2.24) is 0 Å². The van der Waals surface area contributed by atoms with Gasteiger partial charge in [-0.15, -0.1) is 0 Å². The van der Waals surface area contributed by atoms with E-state index in [-0.39, 0.29) is 0 Å². The minimum atomic E-state index is 0.678. The highest BCUT2D eigenvalue weighted by Gasteiger charge is 2.16. The summed E-state index contributed by atoms with van der Waals surface area (Å²) in [7, 11) is 0. The van der Waals surface area contributed by atoms with E-state index < -0.39 is 0 Å². The molecule has 0 unspecified atom stereocenters. The lowest BCUT2D eigenvalue weighted by Crippen LogP contribution is -2.03. The Labute approximate surface area is 292 Å². The molecule has 0 N–H and O–H groups in total. The summed E-state index contributed by atoms with van der Waals surface area (Å²) in [5.74, 6) is 0. The predicted octanol–water partition coefficient (Wildman–Crippen LogP) is 12.0. The van der Waals surface area contributed by atoms with Gasteiger partial charge in [0, 0.05) is 0 Å². The van der Waals surface area contributed by atoms with Gasteiger partial charge in [0.05, 0.1) is 23.3 Å². The summed E-state index contributed by atoms with van der Waals surface area (Å²) in [6, 6.07) is 43.0. The number of nitrogens with zero attached hydrogens (tertiary/aromatic N) is 2. The lowest BCUT2D eigenvalue weighted by molar-refractivity contribution is 1.02. The molecule has 2 nitrogen and oxygen atoms in total. The highest BCUT2D eigenvalue weighted by Crippen LogP contribution is 2.36. The van der Waals surface area contributed by atoms with E-state index in [0.717, 1.165) is 36.0 Å². The summed E-state index contributed by atoms with van der Waals surface area (Å²) in [5, 5.41) is 18.4. The van der Waals surface area contributed by atoms with E-state index >= 15 is 0 Å². The highest BCUT2D eigenvalue weighted by atomic mass is 14.2. The van der Waals surface area contributed by atoms with Gasteiger partial charge in [-0.1, -0.05) is 98.8 Å². The minimum Gasteiger partial charge on any atom is -0.192 e. The maximum atomic E-state index is 9.19. The van der Waals surface area contributed by atoms with E-state index in [1.54, 1.807) is 0 Å². The third kappa shape index (κ3) is 6.83. The van der Waals surface area contributed by atoms with Gasteiger partial charge in [0.25, 0.3) is 0 Å². The lowest BCUT2D eigenvalue weighted by atomic mass is 9.85. The molecule has 0 heterocycles. The standard InChI is InChI=1S/C47H42N2/c1-7-36-25-41(39-15-11-35(29-49)12-16-39)18-20-45(36)43-24-33(6)47(37(8-2)26-43)27-46-31(4)22-42(23-32(46)5)44-19-17-40(21-30(44)3)38-13-9-34(28-48)10-14-38/h9-26H,7-8,27H2,1-6H3. The summed E-state index contributed by atoms with van der Waals surface area (Å²) in [5.41, 5.74) is 21.8. The van der Waals surface area contributed by atoms with Crippen molar-refractivity contribution in [2.75, 3.05) is 0 Å². The normalized spacial score (nSPS) is 10.9. The Hall–Kier alpha value is -5.70. The molecule has 6 rings (SSSR count). The second kappa shape index (κ2) is 14.2. The van der Waals surface area contributed by atoms with Crippen molar-refractivity contribution in [3.8, 4) is 56.6 Å². The lowest BCUT2D eigenvalue weighted by Gasteiger charge is -2.20. The Bertz CT molecular complexity index is 2230. The summed E-state index contributed by atoms with van der Waals surface area (Å²) in [6.07, 6.45) is 2.85. The molecule has 6 aromatic carbocycles. The molecular formula is C47H42N2. The summed E-state index contributed by atoms with van der Waals surface area (Å²) in [6.45, 7) is 13.5. The van der Waals surface area contributed by atoms with Crippen molar-refractivity contribution in [3.63, 3.8) is 0 Å². The summed E-state index contributed by atoms with van der Waals surface area (Å²) in [4.78, 5) is 0. The van der Waals surface area contributed by atoms with E-state index in [9.17, 15) is 5.26 Å². The Balaban J connectivity index is 1.29. The van der Waals surface area contributed by atoms with Crippen LogP contribution >= 0.6 is 0 Å². The Morgan fingerprint density at radius 2 is 0.816 bits per heavy atom. The van der Waals surface area contributed by atoms with Crippen LogP contribution in [-0.4, -0.2) is 0 Å². The minimum absolute atomic E-state index is 0.678. The van der Waals surface area contributed by atoms with Gasteiger partial charge in [-0.2, -0.15) is 10.5 Å². The second-order valence-corrected chi connectivity index (χ2v) is 13.2. The molecule has 0 fully saturated rings. The number of hydrogen-bond acceptors (Lipinski definition) is 2. The molecule has 240 valence electrons. The number of hydrogen-bond donors (Lipinski definition) is 0. The third-order valence-corrected chi connectivity index (χ3v) is 10.0. The first-order chi connectivity index (χ1) is 23.7. The molecule has 0 spiro atoms. The van der Waals surface area contributed by atoms with Crippen LogP contribution in [0.25, 0.3) is 44.5 Å². The fourth-order valence-electron chi connectivity index (χ4n) is 7.21. The maximum absolute atomic E-state index is 9.19. The Morgan fingerprint density at radius 3 is 1.31 bits per heavy atom. The van der Waals surface area contributed by atoms with Gasteiger partial charge in [-0.25, -0.2) is 0 Å². The molecule has 0 aliphatic carbocycles. The molecule has 49 heavy (non-hydrogen) atoms. The van der Waals surface area contributed by atoms with Gasteiger partial charge in [0.2, 0.25) is 0 Å². The first-order valence-corrected chi connectivity index (χ1v) is 17.2. The first kappa shape index (κ1) is 33.2. The highest BCUT2D eigenvalue weighted by molar-refractivity contribution is 5.77. The van der Waals surface area contributed by atoms with Gasteiger partial charge >= 0.3 is 0 Å². The molecule has 6 aromatic rings. The smallest absolute Gasteiger partial charge is 0.0991 e. The van der Waals surface area contributed by atoms with E-state index in [1.165, 1.54) is 72.3 Å². The van der Waals surface area contributed by atoms with Crippen molar-refractivity contribution in [2.24, 2.45) is 0 Å². The number of nitriles is 2. The van der Waals surface area contributed by atoms with Crippen LogP contribution in [0.3, 0.4) is 0 Å². The van der Waals surface area contributed by atoms with E-state index in [2.05, 4.69) is 114 Å². The van der Waals surface area contributed by atoms with Crippen molar-refractivity contribution in [3.05, 3.63) is 165 Å². The molecule has 0 amide bonds. The topological polar surface area (TPSA) is 47.6 Å². The third-order valence-electron chi connectivity index (χ3n) is 10.0. The molecule has 0 radical (unpaired) electrons. The average Bonchev–Trinajstić information content (AvgIpc) is 3.13. The van der Waals surface area contributed by atoms with Gasteiger partial charge < -0.3 is 0 Å². The Morgan fingerprint density at radius 1 is 0.408 bits per heavy atom. The van der Waals surface area contributed by atoms with Gasteiger partial charge in [-0.3, -0.25) is 0 Å². The van der Waals surface area contributed by atoms with Gasteiger partial charge in [0.1, 0.15) is 0 Å². The summed E-state index contributed by atoms with van der Waals surface area (Å²) < 4.78 is 0. The zero-order valence-corrected chi connectivity index (χ0v) is 29.4. The van der Waals surface area contributed by atoms with Crippen LogP contribution in [0.2, 0.25) is 0 Å². The fraction of sp³-hybridized carbons (Fsp3) is 0.191. The van der Waals surface area contributed by atoms with Crippen molar-refractivity contribution in [1.29, 1.82) is 10.5 Å². The molecule has 0 aliphatic rings. The van der Waals surface area contributed by atoms with Crippen molar-refractivity contribution >= 4 is 0 Å². The fourth-order valence-corrected chi connectivity index (χ4v) is 7.21. The quantitative estimate of drug-likeness (QED) is 0.167. The van der Waals surface area contributed by atoms with Crippen LogP contribution in [0.5, 0.6) is 0 Å². The van der Waals surface area contributed by atoms with E-state index in [1.807, 2.05) is 48.5 Å². The molecule has 2 heteroatoms. The molecule has 0 saturated carbocycles. The van der Waals surface area contributed by atoms with Crippen molar-refractivity contribution < 1.29 is 0 Å². The number of benzene rings is 6. The monoisotopic (exact) mass is 634 g/mol. The first-order valence-electron chi connectivity index (χ1n) is 17.2. The average molecular weight is 635 g/mol. The van der Waals surface area contributed by atoms with Crippen LogP contribution in [0.1, 0.15) is 69.5 Å². The Kier molecular flexibility index (Phi) is 9.62. The van der Waals surface area contributed by atoms with Crippen molar-refractivity contribution in [2.45, 2.75) is 60.8 Å². The summed E-state index contributed by atoms with van der Waals surface area (Å²) >= 11 is 0. The van der Waals surface area contributed by atoms with Gasteiger partial charge in [0.15, 0.2) is 0 Å². The van der Waals surface area contributed by atoms with Crippen LogP contribution in [0.15, 0.2) is 109 Å². The molecule has 0 atom stereocenters. The molecule has 0 aliphatic heterocycles. The maximum Gasteiger partial charge on any atom is 0.0991 e. The van der Waals surface area contributed by atoms with E-state index in [0.29, 0.717) is 11.1 Å².